The smallest absolute Gasteiger partial charge is 0.520 e. The number of hydrogen-bond acceptors (Lipinski definition) is 3. The Morgan fingerprint density at radius 3 is 2.44 bits per heavy atom. The lowest BCUT2D eigenvalue weighted by Crippen LogP contribution is -2.19. The Morgan fingerprint density at radius 1 is 1.31 bits per heavy atom. The highest BCUT2D eigenvalue weighted by atomic mass is 32.2. The molecule has 0 aliphatic heterocycles. The van der Waals surface area contributed by atoms with E-state index >= 15 is 0 Å². The van der Waals surface area contributed by atoms with Crippen LogP contribution in [-0.4, -0.2) is 21.9 Å². The molecule has 3 nitrogen and oxygen atoms in total. The van der Waals surface area contributed by atoms with Gasteiger partial charge in [0.15, 0.2) is 5.12 Å². The maximum absolute atomic E-state index is 11.1. The van der Waals surface area contributed by atoms with Gasteiger partial charge >= 0.3 is 5.97 Å². The number of benzene rings is 1. The Hall–Kier alpha value is -1.29. The molecule has 0 radical (unpaired) electrons. The van der Waals surface area contributed by atoms with Crippen molar-refractivity contribution >= 4 is 22.8 Å². The van der Waals surface area contributed by atoms with Crippen molar-refractivity contribution < 1.29 is 14.7 Å². The average molecular weight is 239 g/mol. The first-order chi connectivity index (χ1) is 7.59. The third kappa shape index (κ3) is 4.49. The molecule has 0 bridgehead atoms. The predicted octanol–water partition coefficient (Wildman–Crippen LogP) is 1.38. The largest absolute Gasteiger partial charge is 0.564 e. The molecule has 0 fully saturated rings. The van der Waals surface area contributed by atoms with Crippen LogP contribution in [0.15, 0.2) is 30.3 Å². The van der Waals surface area contributed by atoms with E-state index in [2.05, 4.69) is 0 Å². The summed E-state index contributed by atoms with van der Waals surface area (Å²) in [5, 5.41) is 7.15. The molecular formula is C12H15O3S+. The van der Waals surface area contributed by atoms with Gasteiger partial charge in [0, 0.05) is 17.5 Å². The van der Waals surface area contributed by atoms with Gasteiger partial charge in [0.2, 0.25) is 0 Å². The number of hydrogen-bond donors (Lipinski definition) is 0. The van der Waals surface area contributed by atoms with Crippen molar-refractivity contribution in [2.45, 2.75) is 13.3 Å². The molecule has 0 aliphatic rings. The van der Waals surface area contributed by atoms with Crippen molar-refractivity contribution in [2.75, 3.05) is 5.75 Å². The molecule has 86 valence electrons. The molecule has 1 atom stereocenters. The maximum atomic E-state index is 11.1. The summed E-state index contributed by atoms with van der Waals surface area (Å²) in [6.45, 7) is 1.47. The normalized spacial score (nSPS) is 12.1. The Labute approximate surface area is 98.9 Å². The summed E-state index contributed by atoms with van der Waals surface area (Å²) >= 11 is 1.11. The van der Waals surface area contributed by atoms with Crippen LogP contribution < -0.4 is 0 Å². The fourth-order valence-corrected chi connectivity index (χ4v) is 2.05. The molecule has 0 saturated carbocycles. The van der Waals surface area contributed by atoms with Crippen molar-refractivity contribution in [1.29, 1.82) is 0 Å². The van der Waals surface area contributed by atoms with Gasteiger partial charge < -0.3 is 5.11 Å². The zero-order chi connectivity index (χ0) is 12.0. The monoisotopic (exact) mass is 239 g/mol. The lowest BCUT2D eigenvalue weighted by atomic mass is 10.0. The molecule has 16 heavy (non-hydrogen) atoms. The van der Waals surface area contributed by atoms with Crippen molar-refractivity contribution in [3.8, 4) is 0 Å². The lowest BCUT2D eigenvalue weighted by Gasteiger charge is -2.07. The summed E-state index contributed by atoms with van der Waals surface area (Å²) < 4.78 is 0. The highest BCUT2D eigenvalue weighted by Crippen LogP contribution is 2.15. The van der Waals surface area contributed by atoms with Gasteiger partial charge in [0.25, 0.3) is 0 Å². The molecule has 0 amide bonds. The molecular weight excluding hydrogens is 224 g/mol. The molecule has 0 spiro atoms. The molecule has 2 N–H and O–H groups in total. The van der Waals surface area contributed by atoms with Crippen LogP contribution in [0, 0.1) is 5.92 Å². The van der Waals surface area contributed by atoms with Gasteiger partial charge in [-0.1, -0.05) is 42.1 Å². The van der Waals surface area contributed by atoms with Crippen LogP contribution in [0.25, 0.3) is 0 Å². The van der Waals surface area contributed by atoms with Crippen LogP contribution in [0.3, 0.4) is 0 Å². The molecule has 1 unspecified atom stereocenters. The van der Waals surface area contributed by atoms with Gasteiger partial charge in [0.1, 0.15) is 5.92 Å². The molecule has 0 aliphatic carbocycles. The first-order valence-corrected chi connectivity index (χ1v) is 6.01. The molecule has 1 aromatic carbocycles. The second kappa shape index (κ2) is 6.33. The van der Waals surface area contributed by atoms with E-state index in [0.717, 1.165) is 17.3 Å². The number of carbonyl (C=O) groups is 2. The van der Waals surface area contributed by atoms with Crippen LogP contribution in [-0.2, 0) is 16.0 Å². The van der Waals surface area contributed by atoms with Gasteiger partial charge in [-0.05, 0) is 12.0 Å². The predicted molar refractivity (Wildman–Crippen MR) is 65.4 cm³/mol. The summed E-state index contributed by atoms with van der Waals surface area (Å²) in [7, 11) is 0. The van der Waals surface area contributed by atoms with E-state index in [1.807, 2.05) is 30.3 Å². The first kappa shape index (κ1) is 12.8. The minimum atomic E-state index is -0.599. The lowest BCUT2D eigenvalue weighted by molar-refractivity contribution is -0.140. The van der Waals surface area contributed by atoms with Crippen LogP contribution in [0.2, 0.25) is 0 Å². The Morgan fingerprint density at radius 2 is 1.94 bits per heavy atom. The van der Waals surface area contributed by atoms with Crippen LogP contribution in [0.5, 0.6) is 0 Å². The minimum Gasteiger partial charge on any atom is -0.564 e. The second-order valence-electron chi connectivity index (χ2n) is 3.55. The summed E-state index contributed by atoms with van der Waals surface area (Å²) in [4.78, 5) is 21.9. The van der Waals surface area contributed by atoms with Crippen molar-refractivity contribution in [3.63, 3.8) is 0 Å². The Bertz CT molecular complexity index is 362. The highest BCUT2D eigenvalue weighted by molar-refractivity contribution is 8.13. The highest BCUT2D eigenvalue weighted by Gasteiger charge is 2.25. The van der Waals surface area contributed by atoms with Crippen LogP contribution in [0.1, 0.15) is 12.5 Å². The standard InChI is InChI=1S/C12H14O3S/c1-9(13)16-8-11(12(14)15)7-10-5-3-2-4-6-10/h2-6,11H,7-8H2,1H3,(H,14,15)/p+1. The van der Waals surface area contributed by atoms with Crippen molar-refractivity contribution in [3.05, 3.63) is 35.9 Å². The van der Waals surface area contributed by atoms with E-state index in [0.29, 0.717) is 12.2 Å². The number of rotatable bonds is 5. The summed E-state index contributed by atoms with van der Waals surface area (Å²) in [5.74, 6) is -0.596. The quantitative estimate of drug-likeness (QED) is 0.729. The Kier molecular flexibility index (Phi) is 5.05. The van der Waals surface area contributed by atoms with E-state index in [-0.39, 0.29) is 5.12 Å². The molecule has 0 aromatic heterocycles. The molecule has 1 rings (SSSR count). The van der Waals surface area contributed by atoms with Crippen LogP contribution >= 0.6 is 11.8 Å². The van der Waals surface area contributed by atoms with Gasteiger partial charge in [0.05, 0.1) is 0 Å². The van der Waals surface area contributed by atoms with E-state index in [1.165, 1.54) is 6.92 Å². The number of carbonyl (C=O) groups excluding carboxylic acids is 2. The zero-order valence-corrected chi connectivity index (χ0v) is 9.92. The van der Waals surface area contributed by atoms with Gasteiger partial charge in [-0.2, -0.15) is 0 Å². The fourth-order valence-electron chi connectivity index (χ4n) is 1.34. The van der Waals surface area contributed by atoms with Gasteiger partial charge in [-0.25, -0.2) is 0 Å². The summed E-state index contributed by atoms with van der Waals surface area (Å²) in [6, 6.07) is 9.56. The summed E-state index contributed by atoms with van der Waals surface area (Å²) in [6.07, 6.45) is 0.531. The van der Waals surface area contributed by atoms with E-state index in [9.17, 15) is 9.59 Å². The third-order valence-electron chi connectivity index (χ3n) is 2.18. The molecule has 4 heteroatoms. The minimum absolute atomic E-state index is 0.0145. The zero-order valence-electron chi connectivity index (χ0n) is 9.10. The number of thioether (sulfide) groups is 1. The second-order valence-corrected chi connectivity index (χ2v) is 4.75. The molecule has 0 saturated heterocycles. The molecule has 1 aromatic rings. The van der Waals surface area contributed by atoms with E-state index < -0.39 is 11.9 Å². The van der Waals surface area contributed by atoms with Crippen LogP contribution in [0.4, 0.5) is 0 Å². The van der Waals surface area contributed by atoms with Crippen molar-refractivity contribution in [1.82, 2.24) is 0 Å². The van der Waals surface area contributed by atoms with E-state index in [4.69, 9.17) is 5.11 Å². The van der Waals surface area contributed by atoms with Gasteiger partial charge in [-0.3, -0.25) is 4.79 Å². The summed E-state index contributed by atoms with van der Waals surface area (Å²) in [5.41, 5.74) is 1.03. The fraction of sp³-hybridized carbons (Fsp3) is 0.333. The van der Waals surface area contributed by atoms with Crippen molar-refractivity contribution in [2.24, 2.45) is 5.92 Å². The van der Waals surface area contributed by atoms with E-state index in [1.54, 1.807) is 0 Å². The topological polar surface area (TPSA) is 57.0 Å². The maximum Gasteiger partial charge on any atom is 0.520 e. The third-order valence-corrected chi connectivity index (χ3v) is 3.16. The molecule has 0 heterocycles. The average Bonchev–Trinajstić information content (AvgIpc) is 2.25. The Balaban J connectivity index is 2.58. The van der Waals surface area contributed by atoms with Gasteiger partial charge in [-0.15, -0.1) is 0 Å². The SMILES string of the molecule is CC(=O)SCC(Cc1ccccc1)C(=O)[OH2+]. The first-order valence-electron chi connectivity index (χ1n) is 5.02.